The van der Waals surface area contributed by atoms with Gasteiger partial charge in [-0.1, -0.05) is 17.7 Å². The van der Waals surface area contributed by atoms with Gasteiger partial charge in [-0.05, 0) is 23.8 Å². The van der Waals surface area contributed by atoms with Crippen molar-refractivity contribution in [3.05, 3.63) is 34.4 Å². The van der Waals surface area contributed by atoms with E-state index < -0.39 is 31.0 Å². The number of hydrogen-bond acceptors (Lipinski definition) is 10. The van der Waals surface area contributed by atoms with Crippen molar-refractivity contribution in [1.82, 2.24) is 9.36 Å². The second kappa shape index (κ2) is 8.23. The Kier molecular flexibility index (Phi) is 6.40. The zero-order valence-electron chi connectivity index (χ0n) is 14.2. The standard InChI is InChI=1S/C14H11ClN4O6S3/c1-27(21,22)14-18-13(26-19-14)17-12(20)9(7-16)5-8-3-4-11(10(15)6-8)25-28(2,23)24/h3-6H,1-2H3,(H,17,18,19,20). The zero-order valence-corrected chi connectivity index (χ0v) is 17.4. The number of sulfone groups is 1. The van der Waals surface area contributed by atoms with Gasteiger partial charge in [-0.15, -0.1) is 0 Å². The van der Waals surface area contributed by atoms with E-state index in [2.05, 4.69) is 18.9 Å². The Morgan fingerprint density at radius 1 is 1.32 bits per heavy atom. The minimum absolute atomic E-state index is 0.0428. The molecule has 1 amide bonds. The van der Waals surface area contributed by atoms with Crippen LogP contribution in [-0.4, -0.2) is 44.6 Å². The number of halogens is 1. The number of anilines is 1. The van der Waals surface area contributed by atoms with Crippen LogP contribution in [-0.2, 0) is 24.7 Å². The average molecular weight is 463 g/mol. The van der Waals surface area contributed by atoms with Gasteiger partial charge in [-0.2, -0.15) is 23.0 Å². The number of carbonyl (C=O) groups is 1. The number of aromatic nitrogens is 2. The van der Waals surface area contributed by atoms with E-state index in [1.165, 1.54) is 24.3 Å². The van der Waals surface area contributed by atoms with Gasteiger partial charge in [0.1, 0.15) is 11.6 Å². The van der Waals surface area contributed by atoms with Gasteiger partial charge in [-0.3, -0.25) is 10.1 Å². The van der Waals surface area contributed by atoms with Gasteiger partial charge in [-0.25, -0.2) is 8.42 Å². The molecule has 0 saturated carbocycles. The van der Waals surface area contributed by atoms with Crippen molar-refractivity contribution in [3.8, 4) is 11.8 Å². The second-order valence-corrected chi connectivity index (χ2v) is 9.90. The van der Waals surface area contributed by atoms with Crippen LogP contribution in [0.5, 0.6) is 5.75 Å². The Labute approximate surface area is 169 Å². The fourth-order valence-electron chi connectivity index (χ4n) is 1.73. The van der Waals surface area contributed by atoms with Gasteiger partial charge < -0.3 is 4.18 Å². The van der Waals surface area contributed by atoms with Crippen LogP contribution in [0.4, 0.5) is 5.13 Å². The lowest BCUT2D eigenvalue weighted by atomic mass is 10.1. The molecule has 0 aliphatic rings. The number of hydrogen-bond donors (Lipinski definition) is 1. The molecule has 2 aromatic rings. The van der Waals surface area contributed by atoms with Crippen LogP contribution >= 0.6 is 23.1 Å². The van der Waals surface area contributed by atoms with Crippen LogP contribution in [0.25, 0.3) is 6.08 Å². The molecule has 0 unspecified atom stereocenters. The van der Waals surface area contributed by atoms with E-state index in [1.54, 1.807) is 6.07 Å². The molecule has 1 heterocycles. The summed E-state index contributed by atoms with van der Waals surface area (Å²) >= 11 is 6.59. The Bertz CT molecular complexity index is 1210. The fourth-order valence-corrected chi connectivity index (χ4v) is 3.91. The van der Waals surface area contributed by atoms with Crippen molar-refractivity contribution in [2.45, 2.75) is 5.16 Å². The van der Waals surface area contributed by atoms with Gasteiger partial charge in [0.25, 0.3) is 11.1 Å². The maximum Gasteiger partial charge on any atom is 0.306 e. The number of amides is 1. The molecule has 0 aliphatic carbocycles. The van der Waals surface area contributed by atoms with Crippen LogP contribution in [0.2, 0.25) is 5.02 Å². The van der Waals surface area contributed by atoms with Crippen molar-refractivity contribution in [2.75, 3.05) is 17.8 Å². The first kappa shape index (κ1) is 21.8. The summed E-state index contributed by atoms with van der Waals surface area (Å²) in [6.07, 6.45) is 2.98. The summed E-state index contributed by atoms with van der Waals surface area (Å²) in [5.74, 6) is -0.947. The highest BCUT2D eigenvalue weighted by Gasteiger charge is 2.17. The molecule has 1 aromatic heterocycles. The van der Waals surface area contributed by atoms with Crippen LogP contribution in [0.3, 0.4) is 0 Å². The maximum absolute atomic E-state index is 12.2. The topological polar surface area (TPSA) is 156 Å². The Hall–Kier alpha value is -2.53. The predicted octanol–water partition coefficient (Wildman–Crippen LogP) is 1.48. The molecule has 14 heteroatoms. The molecule has 0 spiro atoms. The third-order valence-corrected chi connectivity index (χ3v) is 5.20. The van der Waals surface area contributed by atoms with E-state index in [-0.39, 0.29) is 21.5 Å². The summed E-state index contributed by atoms with van der Waals surface area (Å²) in [5.41, 5.74) is -0.00408. The van der Waals surface area contributed by atoms with Crippen molar-refractivity contribution >= 4 is 60.2 Å². The fraction of sp³-hybridized carbons (Fsp3) is 0.143. The summed E-state index contributed by atoms with van der Waals surface area (Å²) in [6.45, 7) is 0. The first-order chi connectivity index (χ1) is 12.9. The summed E-state index contributed by atoms with van der Waals surface area (Å²) < 4.78 is 53.3. The Balaban J connectivity index is 2.23. The second-order valence-electron chi connectivity index (χ2n) is 5.26. The van der Waals surface area contributed by atoms with E-state index in [0.717, 1.165) is 12.5 Å². The molecule has 1 aromatic carbocycles. The summed E-state index contributed by atoms with van der Waals surface area (Å²) in [7, 11) is -7.39. The van der Waals surface area contributed by atoms with Crippen LogP contribution in [0.1, 0.15) is 5.56 Å². The van der Waals surface area contributed by atoms with Gasteiger partial charge in [0, 0.05) is 17.8 Å². The van der Waals surface area contributed by atoms with Gasteiger partial charge >= 0.3 is 10.1 Å². The first-order valence-corrected chi connectivity index (χ1v) is 11.9. The minimum atomic E-state index is -3.77. The summed E-state index contributed by atoms with van der Waals surface area (Å²) in [6, 6.07) is 5.66. The predicted molar refractivity (Wildman–Crippen MR) is 102 cm³/mol. The minimum Gasteiger partial charge on any atom is -0.381 e. The number of nitriles is 1. The van der Waals surface area contributed by atoms with Crippen molar-refractivity contribution in [2.24, 2.45) is 0 Å². The van der Waals surface area contributed by atoms with Crippen LogP contribution in [0, 0.1) is 11.3 Å². The van der Waals surface area contributed by atoms with E-state index >= 15 is 0 Å². The third-order valence-electron chi connectivity index (χ3n) is 2.83. The molecule has 0 aliphatic heterocycles. The van der Waals surface area contributed by atoms with Crippen LogP contribution < -0.4 is 9.50 Å². The quantitative estimate of drug-likeness (QED) is 0.381. The number of nitrogens with zero attached hydrogens (tertiary/aromatic N) is 3. The molecule has 0 radical (unpaired) electrons. The normalized spacial score (nSPS) is 12.3. The number of nitrogens with one attached hydrogen (secondary N) is 1. The number of benzene rings is 1. The Morgan fingerprint density at radius 2 is 2.00 bits per heavy atom. The third kappa shape index (κ3) is 5.99. The highest BCUT2D eigenvalue weighted by Crippen LogP contribution is 2.27. The van der Waals surface area contributed by atoms with Crippen molar-refractivity contribution < 1.29 is 25.8 Å². The van der Waals surface area contributed by atoms with Crippen LogP contribution in [0.15, 0.2) is 28.9 Å². The van der Waals surface area contributed by atoms with Gasteiger partial charge in [0.05, 0.1) is 11.3 Å². The van der Waals surface area contributed by atoms with Crippen molar-refractivity contribution in [3.63, 3.8) is 0 Å². The van der Waals surface area contributed by atoms with Gasteiger partial charge in [0.2, 0.25) is 15.0 Å². The molecule has 0 saturated heterocycles. The van der Waals surface area contributed by atoms with E-state index in [9.17, 15) is 26.9 Å². The molecule has 10 nitrogen and oxygen atoms in total. The lowest BCUT2D eigenvalue weighted by Gasteiger charge is -2.06. The molecular weight excluding hydrogens is 452 g/mol. The van der Waals surface area contributed by atoms with Crippen molar-refractivity contribution in [1.29, 1.82) is 5.26 Å². The lowest BCUT2D eigenvalue weighted by Crippen LogP contribution is -2.13. The van der Waals surface area contributed by atoms with E-state index in [0.29, 0.717) is 17.1 Å². The average Bonchev–Trinajstić information content (AvgIpc) is 3.02. The molecule has 2 rings (SSSR count). The molecule has 148 valence electrons. The number of carbonyl (C=O) groups excluding carboxylic acids is 1. The highest BCUT2D eigenvalue weighted by atomic mass is 35.5. The molecule has 1 N–H and O–H groups in total. The SMILES string of the molecule is CS(=O)(=O)Oc1ccc(C=C(C#N)C(=O)Nc2nc(S(C)(=O)=O)ns2)cc1Cl. The molecule has 0 atom stereocenters. The highest BCUT2D eigenvalue weighted by molar-refractivity contribution is 7.90. The number of rotatable bonds is 6. The Morgan fingerprint density at radius 3 is 2.50 bits per heavy atom. The smallest absolute Gasteiger partial charge is 0.306 e. The monoisotopic (exact) mass is 462 g/mol. The first-order valence-electron chi connectivity index (χ1n) is 7.05. The zero-order chi connectivity index (χ0) is 21.1. The molecule has 0 bridgehead atoms. The lowest BCUT2D eigenvalue weighted by molar-refractivity contribution is -0.112. The maximum atomic E-state index is 12.2. The molecule has 28 heavy (non-hydrogen) atoms. The summed E-state index contributed by atoms with van der Waals surface area (Å²) in [5, 5.41) is 10.9. The molecular formula is C14H11ClN4O6S3. The van der Waals surface area contributed by atoms with E-state index in [4.69, 9.17) is 11.6 Å². The largest absolute Gasteiger partial charge is 0.381 e. The van der Waals surface area contributed by atoms with E-state index in [1.807, 2.05) is 0 Å². The van der Waals surface area contributed by atoms with Gasteiger partial charge in [0.15, 0.2) is 5.75 Å². The molecule has 0 fully saturated rings. The summed E-state index contributed by atoms with van der Waals surface area (Å²) in [4.78, 5) is 15.9.